The molecular weight excluding hydrogens is 334 g/mol. The molecule has 140 valence electrons. The average molecular weight is 361 g/mol. The fourth-order valence-electron chi connectivity index (χ4n) is 4.08. The Morgan fingerprint density at radius 1 is 1.07 bits per heavy atom. The number of hydrogen-bond acceptors (Lipinski definition) is 2. The molecule has 1 saturated carbocycles. The van der Waals surface area contributed by atoms with Gasteiger partial charge in [0.2, 0.25) is 5.91 Å². The molecule has 4 rings (SSSR count). The van der Waals surface area contributed by atoms with E-state index in [0.29, 0.717) is 12.6 Å². The van der Waals surface area contributed by atoms with Crippen molar-refractivity contribution in [3.05, 3.63) is 65.5 Å². The molecule has 3 aromatic rings. The van der Waals surface area contributed by atoms with Crippen LogP contribution in [-0.4, -0.2) is 21.5 Å². The highest BCUT2D eigenvalue weighted by molar-refractivity contribution is 5.81. The number of benzene rings is 2. The van der Waals surface area contributed by atoms with Crippen molar-refractivity contribution in [2.75, 3.05) is 0 Å². The number of carbonyl (C=O) groups is 1. The van der Waals surface area contributed by atoms with Gasteiger partial charge in [0.05, 0.1) is 11.0 Å². The van der Waals surface area contributed by atoms with Gasteiger partial charge in [-0.2, -0.15) is 0 Å². The molecule has 1 aliphatic carbocycles. The van der Waals surface area contributed by atoms with E-state index >= 15 is 0 Å². The SMILES string of the molecule is Cc1ccccc1Cc1nc2ccccc2n1CC(=O)NC1CCCCC1. The lowest BCUT2D eigenvalue weighted by atomic mass is 9.95. The van der Waals surface area contributed by atoms with Crippen molar-refractivity contribution in [1.82, 2.24) is 14.9 Å². The molecule has 0 spiro atoms. The van der Waals surface area contributed by atoms with E-state index in [1.54, 1.807) is 0 Å². The smallest absolute Gasteiger partial charge is 0.240 e. The fourth-order valence-corrected chi connectivity index (χ4v) is 4.08. The molecule has 1 aliphatic rings. The van der Waals surface area contributed by atoms with Crippen molar-refractivity contribution in [3.8, 4) is 0 Å². The van der Waals surface area contributed by atoms with Crippen molar-refractivity contribution in [2.24, 2.45) is 0 Å². The first kappa shape index (κ1) is 17.8. The summed E-state index contributed by atoms with van der Waals surface area (Å²) in [6.07, 6.45) is 6.67. The Morgan fingerprint density at radius 2 is 1.81 bits per heavy atom. The monoisotopic (exact) mass is 361 g/mol. The molecule has 1 amide bonds. The molecule has 0 bridgehead atoms. The highest BCUT2D eigenvalue weighted by atomic mass is 16.2. The molecule has 1 fully saturated rings. The number of fused-ring (bicyclic) bond motifs is 1. The second-order valence-electron chi connectivity index (χ2n) is 7.61. The van der Waals surface area contributed by atoms with Gasteiger partial charge in [0.25, 0.3) is 0 Å². The van der Waals surface area contributed by atoms with Gasteiger partial charge >= 0.3 is 0 Å². The van der Waals surface area contributed by atoms with Gasteiger partial charge in [0.15, 0.2) is 0 Å². The summed E-state index contributed by atoms with van der Waals surface area (Å²) >= 11 is 0. The van der Waals surface area contributed by atoms with Gasteiger partial charge in [-0.05, 0) is 43.0 Å². The van der Waals surface area contributed by atoms with Gasteiger partial charge in [-0.1, -0.05) is 55.7 Å². The average Bonchev–Trinajstić information content (AvgIpc) is 3.02. The third-order valence-electron chi connectivity index (χ3n) is 5.62. The van der Waals surface area contributed by atoms with E-state index in [9.17, 15) is 4.79 Å². The molecule has 0 radical (unpaired) electrons. The van der Waals surface area contributed by atoms with Gasteiger partial charge in [-0.3, -0.25) is 4.79 Å². The molecule has 0 atom stereocenters. The second-order valence-corrected chi connectivity index (χ2v) is 7.61. The lowest BCUT2D eigenvalue weighted by molar-refractivity contribution is -0.122. The number of imidazole rings is 1. The van der Waals surface area contributed by atoms with E-state index < -0.39 is 0 Å². The second kappa shape index (κ2) is 7.95. The summed E-state index contributed by atoms with van der Waals surface area (Å²) in [7, 11) is 0. The van der Waals surface area contributed by atoms with Crippen LogP contribution in [0.1, 0.15) is 49.1 Å². The normalized spacial score (nSPS) is 15.1. The van der Waals surface area contributed by atoms with E-state index in [0.717, 1.165) is 36.1 Å². The molecule has 27 heavy (non-hydrogen) atoms. The summed E-state index contributed by atoms with van der Waals surface area (Å²) in [5, 5.41) is 3.24. The van der Waals surface area contributed by atoms with Crippen LogP contribution in [0.25, 0.3) is 11.0 Å². The van der Waals surface area contributed by atoms with Gasteiger partial charge in [0, 0.05) is 12.5 Å². The van der Waals surface area contributed by atoms with Crippen molar-refractivity contribution in [1.29, 1.82) is 0 Å². The quantitative estimate of drug-likeness (QED) is 0.733. The molecule has 1 N–H and O–H groups in total. The Kier molecular flexibility index (Phi) is 5.23. The highest BCUT2D eigenvalue weighted by Gasteiger charge is 2.18. The van der Waals surface area contributed by atoms with Crippen LogP contribution in [0.5, 0.6) is 0 Å². The Morgan fingerprint density at radius 3 is 2.63 bits per heavy atom. The predicted octanol–water partition coefficient (Wildman–Crippen LogP) is 4.38. The lowest BCUT2D eigenvalue weighted by Gasteiger charge is -2.23. The number of nitrogens with one attached hydrogen (secondary N) is 1. The number of hydrogen-bond donors (Lipinski definition) is 1. The summed E-state index contributed by atoms with van der Waals surface area (Å²) in [5.41, 5.74) is 4.48. The van der Waals surface area contributed by atoms with Crippen molar-refractivity contribution in [2.45, 2.75) is 58.0 Å². The minimum Gasteiger partial charge on any atom is -0.352 e. The van der Waals surface area contributed by atoms with E-state index in [4.69, 9.17) is 4.98 Å². The van der Waals surface area contributed by atoms with Crippen LogP contribution in [-0.2, 0) is 17.8 Å². The van der Waals surface area contributed by atoms with E-state index in [1.165, 1.54) is 30.4 Å². The molecule has 4 nitrogen and oxygen atoms in total. The summed E-state index contributed by atoms with van der Waals surface area (Å²) < 4.78 is 2.08. The minimum absolute atomic E-state index is 0.0936. The number of aromatic nitrogens is 2. The molecule has 4 heteroatoms. The van der Waals surface area contributed by atoms with Gasteiger partial charge in [-0.25, -0.2) is 4.98 Å². The van der Waals surface area contributed by atoms with Gasteiger partial charge in [0.1, 0.15) is 12.4 Å². The van der Waals surface area contributed by atoms with E-state index in [1.807, 2.05) is 18.2 Å². The molecule has 1 aromatic heterocycles. The largest absolute Gasteiger partial charge is 0.352 e. The maximum absolute atomic E-state index is 12.7. The van der Waals surface area contributed by atoms with Crippen molar-refractivity contribution < 1.29 is 4.79 Å². The Balaban J connectivity index is 1.60. The third kappa shape index (κ3) is 4.05. The first-order valence-corrected chi connectivity index (χ1v) is 9.99. The standard InChI is InChI=1S/C23H27N3O/c1-17-9-5-6-10-18(17)15-22-25-20-13-7-8-14-21(20)26(22)16-23(27)24-19-11-3-2-4-12-19/h5-10,13-14,19H,2-4,11-12,15-16H2,1H3,(H,24,27). The van der Waals surface area contributed by atoms with Crippen LogP contribution in [0.15, 0.2) is 48.5 Å². The summed E-state index contributed by atoms with van der Waals surface area (Å²) in [4.78, 5) is 17.6. The van der Waals surface area contributed by atoms with Crippen molar-refractivity contribution >= 4 is 16.9 Å². The minimum atomic E-state index is 0.0936. The predicted molar refractivity (Wildman–Crippen MR) is 109 cm³/mol. The summed E-state index contributed by atoms with van der Waals surface area (Å²) in [6.45, 7) is 2.45. The number of rotatable bonds is 5. The lowest BCUT2D eigenvalue weighted by Crippen LogP contribution is -2.38. The number of nitrogens with zero attached hydrogens (tertiary/aromatic N) is 2. The maximum atomic E-state index is 12.7. The molecule has 0 saturated heterocycles. The zero-order valence-corrected chi connectivity index (χ0v) is 15.9. The van der Waals surface area contributed by atoms with Gasteiger partial charge < -0.3 is 9.88 Å². The zero-order valence-electron chi connectivity index (χ0n) is 15.9. The fraction of sp³-hybridized carbons (Fsp3) is 0.391. The maximum Gasteiger partial charge on any atom is 0.240 e. The van der Waals surface area contributed by atoms with Crippen LogP contribution in [0.2, 0.25) is 0 Å². The Hall–Kier alpha value is -2.62. The van der Waals surface area contributed by atoms with Crippen LogP contribution in [0.4, 0.5) is 0 Å². The summed E-state index contributed by atoms with van der Waals surface area (Å²) in [5.74, 6) is 1.04. The highest BCUT2D eigenvalue weighted by Crippen LogP contribution is 2.21. The van der Waals surface area contributed by atoms with E-state index in [-0.39, 0.29) is 5.91 Å². The van der Waals surface area contributed by atoms with Crippen molar-refractivity contribution in [3.63, 3.8) is 0 Å². The molecule has 0 unspecified atom stereocenters. The zero-order chi connectivity index (χ0) is 18.6. The number of aryl methyl sites for hydroxylation is 1. The molecule has 2 aromatic carbocycles. The van der Waals surface area contributed by atoms with Crippen LogP contribution in [0.3, 0.4) is 0 Å². The number of carbonyl (C=O) groups excluding carboxylic acids is 1. The third-order valence-corrected chi connectivity index (χ3v) is 5.62. The first-order chi connectivity index (χ1) is 13.2. The Bertz CT molecular complexity index is 938. The van der Waals surface area contributed by atoms with E-state index in [2.05, 4.69) is 47.1 Å². The first-order valence-electron chi connectivity index (χ1n) is 9.99. The molecule has 1 heterocycles. The molecular formula is C23H27N3O. The molecule has 0 aliphatic heterocycles. The summed E-state index contributed by atoms with van der Waals surface area (Å²) in [6, 6.07) is 16.8. The van der Waals surface area contributed by atoms with Crippen LogP contribution < -0.4 is 5.32 Å². The number of para-hydroxylation sites is 2. The van der Waals surface area contributed by atoms with Crippen LogP contribution in [0, 0.1) is 6.92 Å². The number of amides is 1. The van der Waals surface area contributed by atoms with Gasteiger partial charge in [-0.15, -0.1) is 0 Å². The topological polar surface area (TPSA) is 46.9 Å². The Labute approximate surface area is 160 Å². The van der Waals surface area contributed by atoms with Crippen LogP contribution >= 0.6 is 0 Å².